The maximum absolute atomic E-state index is 4.39. The Balaban J connectivity index is 1.63. The molecule has 0 aliphatic rings. The van der Waals surface area contributed by atoms with Gasteiger partial charge in [0.2, 0.25) is 0 Å². The molecule has 4 rings (SSSR count). The summed E-state index contributed by atoms with van der Waals surface area (Å²) in [6.07, 6.45) is 1.71. The zero-order valence-corrected chi connectivity index (χ0v) is 11.6. The van der Waals surface area contributed by atoms with E-state index in [1.54, 1.807) is 6.21 Å². The first-order valence-corrected chi connectivity index (χ1v) is 6.85. The number of anilines is 1. The highest BCUT2D eigenvalue weighted by molar-refractivity contribution is 6.03. The molecule has 2 N–H and O–H groups in total. The van der Waals surface area contributed by atoms with Crippen LogP contribution in [0.15, 0.2) is 59.7 Å². The van der Waals surface area contributed by atoms with Gasteiger partial charge in [-0.1, -0.05) is 48.5 Å². The van der Waals surface area contributed by atoms with Gasteiger partial charge >= 0.3 is 0 Å². The summed E-state index contributed by atoms with van der Waals surface area (Å²) < 4.78 is 0. The van der Waals surface area contributed by atoms with Crippen LogP contribution in [0.4, 0.5) is 5.95 Å². The second-order valence-electron chi connectivity index (χ2n) is 4.78. The minimum absolute atomic E-state index is 0.353. The fourth-order valence-corrected chi connectivity index (χ4v) is 2.27. The minimum Gasteiger partial charge on any atom is -0.338 e. The largest absolute Gasteiger partial charge is 0.338 e. The predicted octanol–water partition coefficient (Wildman–Crippen LogP) is 2.95. The number of hydrazone groups is 1. The van der Waals surface area contributed by atoms with Crippen molar-refractivity contribution in [3.05, 3.63) is 60.2 Å². The van der Waals surface area contributed by atoms with Gasteiger partial charge in [0, 0.05) is 10.9 Å². The molecule has 0 saturated heterocycles. The van der Waals surface area contributed by atoms with Gasteiger partial charge in [-0.25, -0.2) is 5.43 Å². The van der Waals surface area contributed by atoms with Gasteiger partial charge in [-0.2, -0.15) is 10.1 Å². The smallest absolute Gasteiger partial charge is 0.265 e. The average molecular weight is 288 g/mol. The van der Waals surface area contributed by atoms with Crippen molar-refractivity contribution in [3.8, 4) is 0 Å². The third kappa shape index (κ3) is 2.26. The van der Waals surface area contributed by atoms with E-state index in [2.05, 4.69) is 30.7 Å². The van der Waals surface area contributed by atoms with E-state index in [9.17, 15) is 0 Å². The highest BCUT2D eigenvalue weighted by atomic mass is 15.4. The molecule has 4 aromatic rings. The molecule has 0 unspecified atom stereocenters. The Labute approximate surface area is 125 Å². The Morgan fingerprint density at radius 1 is 0.955 bits per heavy atom. The number of nitrogens with one attached hydrogen (secondary N) is 2. The molecule has 2 heterocycles. The zero-order chi connectivity index (χ0) is 14.8. The zero-order valence-electron chi connectivity index (χ0n) is 11.6. The van der Waals surface area contributed by atoms with Gasteiger partial charge < -0.3 is 4.98 Å². The van der Waals surface area contributed by atoms with Crippen molar-refractivity contribution in [2.75, 3.05) is 5.43 Å². The van der Waals surface area contributed by atoms with Crippen molar-refractivity contribution in [2.45, 2.75) is 0 Å². The molecule has 0 saturated carbocycles. The lowest BCUT2D eigenvalue weighted by Crippen LogP contribution is -1.98. The Kier molecular flexibility index (Phi) is 2.97. The van der Waals surface area contributed by atoms with Gasteiger partial charge in [-0.15, -0.1) is 10.2 Å². The number of hydrogen-bond donors (Lipinski definition) is 2. The van der Waals surface area contributed by atoms with E-state index in [0.29, 0.717) is 11.6 Å². The first kappa shape index (κ1) is 12.5. The van der Waals surface area contributed by atoms with Crippen LogP contribution < -0.4 is 5.43 Å². The van der Waals surface area contributed by atoms with Gasteiger partial charge in [0.25, 0.3) is 5.95 Å². The Morgan fingerprint density at radius 2 is 1.77 bits per heavy atom. The van der Waals surface area contributed by atoms with Crippen molar-refractivity contribution in [2.24, 2.45) is 5.10 Å². The van der Waals surface area contributed by atoms with Crippen LogP contribution in [0.3, 0.4) is 0 Å². The Hall–Kier alpha value is -3.28. The fraction of sp³-hybridized carbons (Fsp3) is 0. The number of rotatable bonds is 3. The Bertz CT molecular complexity index is 958. The van der Waals surface area contributed by atoms with E-state index >= 15 is 0 Å². The number of nitrogens with zero attached hydrogens (tertiary/aromatic N) is 4. The highest BCUT2D eigenvalue weighted by Gasteiger charge is 2.07. The molecule has 2 aromatic heterocycles. The summed E-state index contributed by atoms with van der Waals surface area (Å²) in [7, 11) is 0. The normalized spacial score (nSPS) is 11.5. The third-order valence-electron chi connectivity index (χ3n) is 3.30. The van der Waals surface area contributed by atoms with Crippen LogP contribution in [-0.4, -0.2) is 26.4 Å². The first-order chi connectivity index (χ1) is 10.9. The maximum Gasteiger partial charge on any atom is 0.265 e. The van der Waals surface area contributed by atoms with E-state index in [1.165, 1.54) is 0 Å². The Morgan fingerprint density at radius 3 is 2.68 bits per heavy atom. The van der Waals surface area contributed by atoms with Crippen LogP contribution in [0.25, 0.3) is 22.1 Å². The molecule has 0 bridgehead atoms. The number of H-pyrrole nitrogens is 1. The molecule has 106 valence electrons. The molecule has 0 amide bonds. The molecule has 0 radical (unpaired) electrons. The molecule has 0 atom stereocenters. The van der Waals surface area contributed by atoms with Gasteiger partial charge in [-0.05, 0) is 11.6 Å². The summed E-state index contributed by atoms with van der Waals surface area (Å²) >= 11 is 0. The first-order valence-electron chi connectivity index (χ1n) is 6.85. The lowest BCUT2D eigenvalue weighted by Gasteiger charge is -1.97. The number of aromatic amines is 1. The number of benzene rings is 2. The number of hydrogen-bond acceptors (Lipinski definition) is 5. The van der Waals surface area contributed by atoms with Crippen LogP contribution in [0.1, 0.15) is 5.56 Å². The van der Waals surface area contributed by atoms with Gasteiger partial charge in [0.15, 0.2) is 5.65 Å². The van der Waals surface area contributed by atoms with Crippen LogP contribution in [0, 0.1) is 0 Å². The highest BCUT2D eigenvalue weighted by Crippen LogP contribution is 2.21. The molecule has 0 spiro atoms. The van der Waals surface area contributed by atoms with E-state index in [0.717, 1.165) is 22.0 Å². The summed E-state index contributed by atoms with van der Waals surface area (Å²) in [5.74, 6) is 0.353. The van der Waals surface area contributed by atoms with Gasteiger partial charge in [-0.3, -0.25) is 0 Å². The van der Waals surface area contributed by atoms with E-state index < -0.39 is 0 Å². The van der Waals surface area contributed by atoms with Crippen molar-refractivity contribution in [3.63, 3.8) is 0 Å². The molecular formula is C16H12N6. The second kappa shape index (κ2) is 5.25. The van der Waals surface area contributed by atoms with Crippen molar-refractivity contribution in [1.82, 2.24) is 20.2 Å². The minimum atomic E-state index is 0.353. The summed E-state index contributed by atoms with van der Waals surface area (Å²) in [6, 6.07) is 17.7. The molecule has 0 aliphatic carbocycles. The van der Waals surface area contributed by atoms with Crippen LogP contribution in [-0.2, 0) is 0 Å². The lowest BCUT2D eigenvalue weighted by molar-refractivity contribution is 1.01. The summed E-state index contributed by atoms with van der Waals surface area (Å²) in [5.41, 5.74) is 6.23. The standard InChI is InChI=1S/C16H12N6/c1-2-6-11(7-3-1)10-17-21-16-19-15-14(20-22-16)12-8-4-5-9-13(12)18-15/h1-10H,(H2,18,19,21,22)/b17-10-. The van der Waals surface area contributed by atoms with Gasteiger partial charge in [0.05, 0.1) is 6.21 Å². The van der Waals surface area contributed by atoms with Gasteiger partial charge in [0.1, 0.15) is 5.52 Å². The lowest BCUT2D eigenvalue weighted by atomic mass is 10.2. The SMILES string of the molecule is C(=N/Nc1nnc2c(n1)[nH]c1ccccc12)/c1ccccc1. The van der Waals surface area contributed by atoms with E-state index in [1.807, 2.05) is 54.6 Å². The molecule has 6 nitrogen and oxygen atoms in total. The van der Waals surface area contributed by atoms with E-state index in [-0.39, 0.29) is 0 Å². The molecule has 22 heavy (non-hydrogen) atoms. The third-order valence-corrected chi connectivity index (χ3v) is 3.30. The quantitative estimate of drug-likeness (QED) is 0.449. The summed E-state index contributed by atoms with van der Waals surface area (Å²) in [6.45, 7) is 0. The van der Waals surface area contributed by atoms with Crippen LogP contribution in [0.2, 0.25) is 0 Å². The molecule has 2 aromatic carbocycles. The monoisotopic (exact) mass is 288 g/mol. The van der Waals surface area contributed by atoms with Crippen molar-refractivity contribution < 1.29 is 0 Å². The number of aromatic nitrogens is 4. The summed E-state index contributed by atoms with van der Waals surface area (Å²) in [5, 5.41) is 13.4. The van der Waals surface area contributed by atoms with Crippen LogP contribution in [0.5, 0.6) is 0 Å². The molecule has 6 heteroatoms. The topological polar surface area (TPSA) is 78.8 Å². The van der Waals surface area contributed by atoms with Crippen molar-refractivity contribution >= 4 is 34.2 Å². The van der Waals surface area contributed by atoms with Crippen LogP contribution >= 0.6 is 0 Å². The molecule has 0 fully saturated rings. The number of para-hydroxylation sites is 1. The molecule has 0 aliphatic heterocycles. The summed E-state index contributed by atoms with van der Waals surface area (Å²) in [4.78, 5) is 7.61. The molecular weight excluding hydrogens is 276 g/mol. The fourth-order valence-electron chi connectivity index (χ4n) is 2.27. The van der Waals surface area contributed by atoms with Crippen molar-refractivity contribution in [1.29, 1.82) is 0 Å². The predicted molar refractivity (Wildman–Crippen MR) is 86.8 cm³/mol. The number of fused-ring (bicyclic) bond motifs is 3. The average Bonchev–Trinajstić information content (AvgIpc) is 2.93. The van der Waals surface area contributed by atoms with E-state index in [4.69, 9.17) is 0 Å². The maximum atomic E-state index is 4.39. The second-order valence-corrected chi connectivity index (χ2v) is 4.78.